The predicted octanol–water partition coefficient (Wildman–Crippen LogP) is 3.14. The van der Waals surface area contributed by atoms with E-state index in [1.54, 1.807) is 19.4 Å². The van der Waals surface area contributed by atoms with Gasteiger partial charge in [-0.3, -0.25) is 14.4 Å². The van der Waals surface area contributed by atoms with Crippen LogP contribution in [0, 0.1) is 0 Å². The lowest BCUT2D eigenvalue weighted by atomic mass is 10.0. The topological polar surface area (TPSA) is 122 Å². The third-order valence-corrected chi connectivity index (χ3v) is 6.83. The van der Waals surface area contributed by atoms with E-state index in [-0.39, 0.29) is 6.04 Å². The number of nitrogens with zero attached hydrogens (tertiary/aromatic N) is 5. The molecule has 0 spiro atoms. The number of alkyl halides is 1. The number of halogens is 1. The second-order valence-electron chi connectivity index (χ2n) is 9.80. The highest BCUT2D eigenvalue weighted by atomic mass is 19.1. The third-order valence-electron chi connectivity index (χ3n) is 6.83. The number of amides is 1. The van der Waals surface area contributed by atoms with Crippen molar-refractivity contribution in [3.8, 4) is 0 Å². The number of aromatic nitrogens is 5. The van der Waals surface area contributed by atoms with Crippen molar-refractivity contribution < 1.29 is 18.7 Å². The Kier molecular flexibility index (Phi) is 7.06. The zero-order chi connectivity index (χ0) is 25.2. The van der Waals surface area contributed by atoms with Crippen LogP contribution < -0.4 is 10.6 Å². The van der Waals surface area contributed by atoms with Crippen molar-refractivity contribution in [3.63, 3.8) is 0 Å². The van der Waals surface area contributed by atoms with Crippen LogP contribution in [0.5, 0.6) is 0 Å². The molecule has 2 fully saturated rings. The molecule has 0 radical (unpaired) electrons. The van der Waals surface area contributed by atoms with Gasteiger partial charge in [0.25, 0.3) is 0 Å². The first kappa shape index (κ1) is 24.4. The van der Waals surface area contributed by atoms with Gasteiger partial charge in [0.2, 0.25) is 5.95 Å². The third kappa shape index (κ3) is 5.14. The molecule has 4 heterocycles. The lowest BCUT2D eigenvalue weighted by molar-refractivity contribution is 0.0171. The molecule has 1 saturated carbocycles. The van der Waals surface area contributed by atoms with Gasteiger partial charge in [0.15, 0.2) is 5.82 Å². The van der Waals surface area contributed by atoms with Crippen molar-refractivity contribution in [1.82, 2.24) is 34.8 Å². The Hall–Kier alpha value is -3.25. The highest BCUT2D eigenvalue weighted by molar-refractivity contribution is 5.67. The van der Waals surface area contributed by atoms with Gasteiger partial charge >= 0.3 is 6.09 Å². The summed E-state index contributed by atoms with van der Waals surface area (Å²) in [5, 5.41) is 13.1. The lowest BCUT2D eigenvalue weighted by Gasteiger charge is -2.40. The molecule has 12 heteroatoms. The van der Waals surface area contributed by atoms with Crippen LogP contribution in [0.15, 0.2) is 24.5 Å². The van der Waals surface area contributed by atoms with E-state index >= 15 is 4.39 Å². The summed E-state index contributed by atoms with van der Waals surface area (Å²) in [6.45, 7) is 6.17. The van der Waals surface area contributed by atoms with Crippen LogP contribution in [0.25, 0.3) is 5.65 Å². The van der Waals surface area contributed by atoms with Gasteiger partial charge in [-0.15, -0.1) is 0 Å². The Bertz CT molecular complexity index is 1200. The Labute approximate surface area is 208 Å². The Balaban J connectivity index is 1.24. The van der Waals surface area contributed by atoms with Crippen molar-refractivity contribution in [2.45, 2.75) is 69.9 Å². The van der Waals surface area contributed by atoms with Crippen LogP contribution >= 0.6 is 0 Å². The van der Waals surface area contributed by atoms with Crippen LogP contribution in [0.4, 0.5) is 21.0 Å². The van der Waals surface area contributed by atoms with E-state index in [9.17, 15) is 4.79 Å². The van der Waals surface area contributed by atoms with Crippen molar-refractivity contribution in [2.24, 2.45) is 0 Å². The highest BCUT2D eigenvalue weighted by Crippen LogP contribution is 2.38. The molecule has 3 N–H and O–H groups in total. The number of carbonyl (C=O) groups is 1. The Morgan fingerprint density at radius 3 is 2.94 bits per heavy atom. The van der Waals surface area contributed by atoms with Crippen molar-refractivity contribution in [3.05, 3.63) is 35.9 Å². The highest BCUT2D eigenvalue weighted by Gasteiger charge is 2.41. The minimum absolute atomic E-state index is 0.0677. The minimum Gasteiger partial charge on any atom is -0.443 e. The SMILES string of the molecule is COCC1CCN1Cc1cn2c(Nc3cc([C@@H]4CC[C@H](OC(=O)NC(C)C)[C@H]4F)[nH]n3)nccc2n1. The number of rotatable bonds is 9. The minimum atomic E-state index is -1.31. The van der Waals surface area contributed by atoms with Gasteiger partial charge in [0, 0.05) is 62.4 Å². The zero-order valence-electron chi connectivity index (χ0n) is 20.8. The van der Waals surface area contributed by atoms with Crippen LogP contribution in [0.3, 0.4) is 0 Å². The monoisotopic (exact) mass is 500 g/mol. The van der Waals surface area contributed by atoms with Crippen molar-refractivity contribution >= 4 is 23.5 Å². The summed E-state index contributed by atoms with van der Waals surface area (Å²) in [6, 6.07) is 4.00. The number of fused-ring (bicyclic) bond motifs is 1. The first-order valence-electron chi connectivity index (χ1n) is 12.4. The van der Waals surface area contributed by atoms with Gasteiger partial charge in [-0.05, 0) is 39.2 Å². The first-order chi connectivity index (χ1) is 17.4. The number of hydrogen-bond acceptors (Lipinski definition) is 8. The summed E-state index contributed by atoms with van der Waals surface area (Å²) in [4.78, 5) is 23.4. The second-order valence-corrected chi connectivity index (χ2v) is 9.80. The number of anilines is 2. The Morgan fingerprint density at radius 1 is 1.33 bits per heavy atom. The number of ether oxygens (including phenoxy) is 2. The van der Waals surface area contributed by atoms with E-state index in [1.807, 2.05) is 30.5 Å². The van der Waals surface area contributed by atoms with Crippen molar-refractivity contribution in [1.29, 1.82) is 0 Å². The molecule has 2 aliphatic rings. The molecule has 1 amide bonds. The molecule has 11 nitrogen and oxygen atoms in total. The van der Waals surface area contributed by atoms with Gasteiger partial charge in [0.1, 0.15) is 17.9 Å². The molecule has 36 heavy (non-hydrogen) atoms. The van der Waals surface area contributed by atoms with E-state index in [4.69, 9.17) is 14.5 Å². The van der Waals surface area contributed by atoms with E-state index in [0.29, 0.717) is 36.3 Å². The van der Waals surface area contributed by atoms with Crippen molar-refractivity contribution in [2.75, 3.05) is 25.6 Å². The quantitative estimate of drug-likeness (QED) is 0.410. The smallest absolute Gasteiger partial charge is 0.407 e. The maximum atomic E-state index is 15.1. The molecule has 3 aromatic heterocycles. The summed E-state index contributed by atoms with van der Waals surface area (Å²) in [5.41, 5.74) is 2.38. The molecule has 1 aliphatic carbocycles. The average molecular weight is 501 g/mol. The summed E-state index contributed by atoms with van der Waals surface area (Å²) in [5.74, 6) is 0.665. The number of methoxy groups -OCH3 is 1. The molecule has 1 saturated heterocycles. The predicted molar refractivity (Wildman–Crippen MR) is 131 cm³/mol. The standard InChI is InChI=1S/C24H33FN8O3/c1-14(2)27-24(34)36-19-5-4-17(22(19)25)18-10-20(31-30-18)29-23-26-8-6-21-28-15(12-33(21)23)11-32-9-7-16(32)13-35-3/h6,8,10,12,14,16-17,19,22H,4-5,7,9,11,13H2,1-3H3,(H,27,34)(H2,26,29,30,31)/t16?,17-,19-,22-/m0/s1. The maximum absolute atomic E-state index is 15.1. The summed E-state index contributed by atoms with van der Waals surface area (Å²) >= 11 is 0. The number of aromatic amines is 1. The first-order valence-corrected chi connectivity index (χ1v) is 12.4. The number of alkyl carbamates (subject to hydrolysis) is 1. The average Bonchev–Trinajstić information content (AvgIpc) is 3.54. The fraction of sp³-hybridized carbons (Fsp3) is 0.583. The van der Waals surface area contributed by atoms with E-state index in [2.05, 4.69) is 30.7 Å². The number of imidazole rings is 1. The van der Waals surface area contributed by atoms with Gasteiger partial charge in [-0.1, -0.05) is 0 Å². The molecule has 4 atom stereocenters. The number of hydrogen-bond donors (Lipinski definition) is 3. The summed E-state index contributed by atoms with van der Waals surface area (Å²) in [7, 11) is 1.73. The number of H-pyrrole nitrogens is 1. The van der Waals surface area contributed by atoms with Crippen LogP contribution in [0.1, 0.15) is 50.4 Å². The summed E-state index contributed by atoms with van der Waals surface area (Å²) < 4.78 is 27.6. The molecule has 1 unspecified atom stereocenters. The lowest BCUT2D eigenvalue weighted by Crippen LogP contribution is -2.49. The summed E-state index contributed by atoms with van der Waals surface area (Å²) in [6.07, 6.45) is 3.14. The van der Waals surface area contributed by atoms with Crippen LogP contribution in [-0.4, -0.2) is 80.2 Å². The van der Waals surface area contributed by atoms with Crippen LogP contribution in [-0.2, 0) is 16.0 Å². The number of carbonyl (C=O) groups excluding carboxylic acids is 1. The second kappa shape index (κ2) is 10.4. The van der Waals surface area contributed by atoms with E-state index < -0.39 is 24.3 Å². The molecule has 3 aromatic rings. The number of likely N-dealkylation sites (tertiary alicyclic amines) is 1. The Morgan fingerprint density at radius 2 is 2.19 bits per heavy atom. The largest absolute Gasteiger partial charge is 0.443 e. The van der Waals surface area contributed by atoms with Gasteiger partial charge < -0.3 is 20.1 Å². The number of nitrogens with one attached hydrogen (secondary N) is 3. The zero-order valence-corrected chi connectivity index (χ0v) is 20.8. The molecule has 1 aliphatic heterocycles. The fourth-order valence-electron chi connectivity index (χ4n) is 4.91. The molecule has 194 valence electrons. The normalized spacial score (nSPS) is 24.2. The van der Waals surface area contributed by atoms with E-state index in [1.165, 1.54) is 0 Å². The maximum Gasteiger partial charge on any atom is 0.407 e. The van der Waals surface area contributed by atoms with Crippen LogP contribution in [0.2, 0.25) is 0 Å². The molecule has 5 rings (SSSR count). The van der Waals surface area contributed by atoms with Gasteiger partial charge in [0.05, 0.1) is 12.3 Å². The molecular formula is C24H33FN8O3. The molecule has 0 bridgehead atoms. The van der Waals surface area contributed by atoms with Gasteiger partial charge in [-0.2, -0.15) is 5.10 Å². The fourth-order valence-corrected chi connectivity index (χ4v) is 4.91. The molecular weight excluding hydrogens is 467 g/mol. The van der Waals surface area contributed by atoms with E-state index in [0.717, 1.165) is 37.5 Å². The molecule has 0 aromatic carbocycles. The van der Waals surface area contributed by atoms with Gasteiger partial charge in [-0.25, -0.2) is 19.2 Å².